The lowest BCUT2D eigenvalue weighted by Gasteiger charge is -2.30. The van der Waals surface area contributed by atoms with E-state index in [1.54, 1.807) is 23.1 Å². The number of hydrogen-bond acceptors (Lipinski definition) is 6. The molecule has 2 N–H and O–H groups in total. The first-order valence-electron chi connectivity index (χ1n) is 11.4. The van der Waals surface area contributed by atoms with Gasteiger partial charge in [-0.25, -0.2) is 9.97 Å². The van der Waals surface area contributed by atoms with Gasteiger partial charge in [0.15, 0.2) is 5.16 Å². The number of nitrogens with two attached hydrogens (primary N) is 1. The molecule has 3 aromatic carbocycles. The Kier molecular flexibility index (Phi) is 6.46. The van der Waals surface area contributed by atoms with Crippen LogP contribution in [0.3, 0.4) is 0 Å². The Balaban J connectivity index is 1.41. The topological polar surface area (TPSA) is 51.8 Å². The second-order valence-electron chi connectivity index (χ2n) is 8.43. The van der Waals surface area contributed by atoms with E-state index in [4.69, 9.17) is 27.3 Å². The first-order valence-corrected chi connectivity index (χ1v) is 14.5. The first-order chi connectivity index (χ1) is 17.2. The summed E-state index contributed by atoms with van der Waals surface area (Å²) in [5, 5.41) is 3.06. The summed E-state index contributed by atoms with van der Waals surface area (Å²) >= 11 is 11.7. The molecule has 0 fully saturated rings. The molecule has 0 amide bonds. The second kappa shape index (κ2) is 9.86. The molecule has 0 saturated heterocycles. The van der Waals surface area contributed by atoms with E-state index in [2.05, 4.69) is 60.7 Å². The molecule has 174 valence electrons. The molecule has 0 saturated carbocycles. The Morgan fingerprint density at radius 3 is 2.31 bits per heavy atom. The molecular weight excluding hydrogens is 510 g/mol. The molecule has 35 heavy (non-hydrogen) atoms. The van der Waals surface area contributed by atoms with Crippen molar-refractivity contribution in [3.63, 3.8) is 0 Å². The van der Waals surface area contributed by atoms with Gasteiger partial charge in [0.05, 0.1) is 10.6 Å². The molecule has 3 nitrogen and oxygen atoms in total. The van der Waals surface area contributed by atoms with Gasteiger partial charge >= 0.3 is 0 Å². The van der Waals surface area contributed by atoms with Crippen LogP contribution >= 0.6 is 46.5 Å². The molecule has 0 aliphatic carbocycles. The van der Waals surface area contributed by atoms with E-state index in [1.165, 1.54) is 21.6 Å². The fourth-order valence-electron chi connectivity index (χ4n) is 4.50. The highest BCUT2D eigenvalue weighted by Gasteiger charge is 2.34. The molecule has 0 radical (unpaired) electrons. The van der Waals surface area contributed by atoms with Gasteiger partial charge < -0.3 is 5.73 Å². The third-order valence-electron chi connectivity index (χ3n) is 6.21. The molecule has 1 aliphatic rings. The van der Waals surface area contributed by atoms with Crippen molar-refractivity contribution in [2.75, 3.05) is 5.73 Å². The van der Waals surface area contributed by atoms with Crippen LogP contribution in [-0.2, 0) is 12.2 Å². The van der Waals surface area contributed by atoms with Crippen molar-refractivity contribution in [1.82, 2.24) is 9.97 Å². The maximum Gasteiger partial charge on any atom is 0.191 e. The number of anilines is 1. The van der Waals surface area contributed by atoms with Crippen LogP contribution in [0.25, 0.3) is 10.2 Å². The second-order valence-corrected chi connectivity index (χ2v) is 12.1. The fraction of sp³-hybridized carbons (Fsp3) is 0.143. The summed E-state index contributed by atoms with van der Waals surface area (Å²) in [4.78, 5) is 12.0. The van der Waals surface area contributed by atoms with Gasteiger partial charge in [0.2, 0.25) is 0 Å². The molecule has 2 aromatic heterocycles. The zero-order chi connectivity index (χ0) is 23.8. The van der Waals surface area contributed by atoms with Crippen molar-refractivity contribution < 1.29 is 0 Å². The number of thiophene rings is 1. The Hall–Kier alpha value is -2.51. The van der Waals surface area contributed by atoms with Crippen LogP contribution in [0, 0.1) is 0 Å². The molecule has 0 bridgehead atoms. The third-order valence-corrected chi connectivity index (χ3v) is 10.4. The summed E-state index contributed by atoms with van der Waals surface area (Å²) in [5.74, 6) is 1.27. The van der Waals surface area contributed by atoms with Gasteiger partial charge in [-0.3, -0.25) is 0 Å². The molecule has 1 aliphatic heterocycles. The van der Waals surface area contributed by atoms with Crippen LogP contribution in [-0.4, -0.2) is 9.97 Å². The maximum atomic E-state index is 6.60. The molecule has 6 rings (SSSR count). The van der Waals surface area contributed by atoms with Crippen LogP contribution in [0.2, 0.25) is 5.02 Å². The van der Waals surface area contributed by atoms with Crippen molar-refractivity contribution in [2.45, 2.75) is 27.8 Å². The zero-order valence-corrected chi connectivity index (χ0v) is 21.9. The number of nitrogen functional groups attached to an aromatic ring is 1. The summed E-state index contributed by atoms with van der Waals surface area (Å²) in [6.45, 7) is 0. The van der Waals surface area contributed by atoms with Gasteiger partial charge in [-0.1, -0.05) is 102 Å². The number of rotatable bonds is 5. The Bertz CT molecular complexity index is 1490. The number of halogens is 1. The van der Waals surface area contributed by atoms with Crippen molar-refractivity contribution >= 4 is 62.5 Å². The minimum Gasteiger partial charge on any atom is -0.383 e. The van der Waals surface area contributed by atoms with E-state index in [1.807, 2.05) is 36.0 Å². The predicted molar refractivity (Wildman–Crippen MR) is 152 cm³/mol. The van der Waals surface area contributed by atoms with Crippen molar-refractivity contribution in [3.05, 3.63) is 117 Å². The lowest BCUT2D eigenvalue weighted by Crippen LogP contribution is -2.12. The summed E-state index contributed by atoms with van der Waals surface area (Å²) in [7, 11) is 0. The molecule has 2 atom stereocenters. The average molecular weight is 532 g/mol. The van der Waals surface area contributed by atoms with Gasteiger partial charge in [0.1, 0.15) is 10.6 Å². The SMILES string of the molecule is Nc1nc(SCc2ccccc2Cl)nc2sc3c(c12)CC(c1ccccc1)SC3c1ccccc1. The van der Waals surface area contributed by atoms with Gasteiger partial charge in [-0.2, -0.15) is 0 Å². The fourth-order valence-corrected chi connectivity index (χ4v) is 8.71. The maximum absolute atomic E-state index is 6.60. The largest absolute Gasteiger partial charge is 0.383 e. The highest BCUT2D eigenvalue weighted by atomic mass is 35.5. The van der Waals surface area contributed by atoms with E-state index >= 15 is 0 Å². The van der Waals surface area contributed by atoms with Gasteiger partial charge in [0, 0.05) is 20.9 Å². The lowest BCUT2D eigenvalue weighted by atomic mass is 9.98. The van der Waals surface area contributed by atoms with Crippen LogP contribution in [0.15, 0.2) is 90.1 Å². The normalized spacial score (nSPS) is 17.4. The summed E-state index contributed by atoms with van der Waals surface area (Å²) in [6, 6.07) is 29.4. The molecule has 0 spiro atoms. The molecule has 7 heteroatoms. The lowest BCUT2D eigenvalue weighted by molar-refractivity contribution is 0.893. The molecule has 3 heterocycles. The quantitative estimate of drug-likeness (QED) is 0.182. The minimum absolute atomic E-state index is 0.239. The smallest absolute Gasteiger partial charge is 0.191 e. The predicted octanol–water partition coefficient (Wildman–Crippen LogP) is 8.34. The number of thioether (sulfide) groups is 2. The summed E-state index contributed by atoms with van der Waals surface area (Å²) in [6.07, 6.45) is 0.924. The monoisotopic (exact) mass is 531 g/mol. The standard InChI is InChI=1S/C28H22ClN3S3/c29-21-14-8-7-13-19(21)16-33-28-31-26(30)23-20-15-22(17-9-3-1-4-10-17)34-24(18-11-5-2-6-12-18)25(20)35-27(23)32-28/h1-14,22,24H,15-16H2,(H2,30,31,32). The van der Waals surface area contributed by atoms with E-state index in [-0.39, 0.29) is 5.25 Å². The van der Waals surface area contributed by atoms with Crippen LogP contribution in [0.4, 0.5) is 5.82 Å². The number of benzene rings is 3. The van der Waals surface area contributed by atoms with Crippen LogP contribution in [0.1, 0.15) is 37.6 Å². The van der Waals surface area contributed by atoms with Gasteiger partial charge in [-0.15, -0.1) is 23.1 Å². The highest BCUT2D eigenvalue weighted by Crippen LogP contribution is 2.55. The van der Waals surface area contributed by atoms with Crippen molar-refractivity contribution in [2.24, 2.45) is 0 Å². The number of nitrogens with zero attached hydrogens (tertiary/aromatic N) is 2. The number of hydrogen-bond donors (Lipinski definition) is 1. The Morgan fingerprint density at radius 2 is 1.57 bits per heavy atom. The highest BCUT2D eigenvalue weighted by molar-refractivity contribution is 8.00. The van der Waals surface area contributed by atoms with Crippen molar-refractivity contribution in [1.29, 1.82) is 0 Å². The van der Waals surface area contributed by atoms with Crippen LogP contribution in [0.5, 0.6) is 0 Å². The molecular formula is C28H22ClN3S3. The average Bonchev–Trinajstić information content (AvgIpc) is 3.27. The Labute approximate surface area is 222 Å². The summed E-state index contributed by atoms with van der Waals surface area (Å²) in [5.41, 5.74) is 11.6. The minimum atomic E-state index is 0.239. The van der Waals surface area contributed by atoms with E-state index in [0.717, 1.165) is 27.2 Å². The van der Waals surface area contributed by atoms with Gasteiger partial charge in [-0.05, 0) is 34.7 Å². The van der Waals surface area contributed by atoms with Crippen LogP contribution < -0.4 is 5.73 Å². The van der Waals surface area contributed by atoms with E-state index in [9.17, 15) is 0 Å². The number of fused-ring (bicyclic) bond motifs is 3. The Morgan fingerprint density at radius 1 is 0.886 bits per heavy atom. The van der Waals surface area contributed by atoms with E-state index in [0.29, 0.717) is 22.0 Å². The van der Waals surface area contributed by atoms with Crippen molar-refractivity contribution in [3.8, 4) is 0 Å². The molecule has 5 aromatic rings. The summed E-state index contributed by atoms with van der Waals surface area (Å²) < 4.78 is 0. The first kappa shape index (κ1) is 22.9. The van der Waals surface area contributed by atoms with Gasteiger partial charge in [0.25, 0.3) is 0 Å². The zero-order valence-electron chi connectivity index (χ0n) is 18.7. The van der Waals surface area contributed by atoms with E-state index < -0.39 is 0 Å². The molecule has 2 unspecified atom stereocenters. The number of aromatic nitrogens is 2. The third kappa shape index (κ3) is 4.56.